The molecule has 0 spiro atoms. The van der Waals surface area contributed by atoms with Crippen LogP contribution in [0.4, 0.5) is 0 Å². The number of rotatable bonds is 7. The Balaban J connectivity index is 1.73. The summed E-state index contributed by atoms with van der Waals surface area (Å²) in [5.41, 5.74) is 0.327. The van der Waals surface area contributed by atoms with E-state index in [1.807, 2.05) is 0 Å². The summed E-state index contributed by atoms with van der Waals surface area (Å²) in [4.78, 5) is 11.9. The quantitative estimate of drug-likeness (QED) is 0.596. The van der Waals surface area contributed by atoms with E-state index < -0.39 is 16.0 Å². The molecular weight excluding hydrogens is 318 g/mol. The zero-order valence-corrected chi connectivity index (χ0v) is 13.1. The first kappa shape index (κ1) is 17.0. The number of phenolic OH excluding ortho intramolecular Hbond substituents is 1. The number of sulfonamides is 1. The van der Waals surface area contributed by atoms with E-state index >= 15 is 0 Å². The highest BCUT2D eigenvalue weighted by atomic mass is 32.2. The Kier molecular flexibility index (Phi) is 5.72. The third-order valence-electron chi connectivity index (χ3n) is 3.00. The molecule has 2 rings (SSSR count). The number of ether oxygens (including phenoxy) is 1. The van der Waals surface area contributed by atoms with Crippen LogP contribution in [-0.4, -0.2) is 32.6 Å². The maximum atomic E-state index is 11.9. The molecule has 0 radical (unpaired) electrons. The molecule has 122 valence electrons. The Labute approximate surface area is 134 Å². The van der Waals surface area contributed by atoms with Gasteiger partial charge < -0.3 is 9.84 Å². The molecule has 0 saturated carbocycles. The average Bonchev–Trinajstić information content (AvgIpc) is 2.56. The van der Waals surface area contributed by atoms with Gasteiger partial charge in [0, 0.05) is 6.54 Å². The molecule has 0 aliphatic rings. The highest BCUT2D eigenvalue weighted by molar-refractivity contribution is 7.89. The zero-order valence-electron chi connectivity index (χ0n) is 12.3. The van der Waals surface area contributed by atoms with Gasteiger partial charge in [-0.3, -0.25) is 0 Å². The minimum absolute atomic E-state index is 0.0665. The first-order valence-electron chi connectivity index (χ1n) is 7.00. The van der Waals surface area contributed by atoms with Gasteiger partial charge in [-0.25, -0.2) is 17.9 Å². The van der Waals surface area contributed by atoms with Gasteiger partial charge in [-0.2, -0.15) is 0 Å². The summed E-state index contributed by atoms with van der Waals surface area (Å²) in [6.45, 7) is 0.261. The second-order valence-electron chi connectivity index (χ2n) is 4.75. The van der Waals surface area contributed by atoms with Crippen LogP contribution in [-0.2, 0) is 14.8 Å². The van der Waals surface area contributed by atoms with Crippen molar-refractivity contribution in [1.82, 2.24) is 4.72 Å². The molecule has 0 aliphatic heterocycles. The lowest BCUT2D eigenvalue weighted by Crippen LogP contribution is -2.25. The molecule has 0 amide bonds. The highest BCUT2D eigenvalue weighted by Gasteiger charge is 2.12. The molecule has 0 fully saturated rings. The molecule has 0 unspecified atom stereocenters. The smallest absolute Gasteiger partial charge is 0.338 e. The molecule has 2 aromatic carbocycles. The van der Waals surface area contributed by atoms with Crippen molar-refractivity contribution in [2.45, 2.75) is 11.3 Å². The zero-order chi connectivity index (χ0) is 16.7. The standard InChI is InChI=1S/C16H17NO5S/c18-14-9-7-13(8-10-14)16(19)22-12-4-11-17-23(20,21)15-5-2-1-3-6-15/h1-3,5-10,17-18H,4,11-12H2. The van der Waals surface area contributed by atoms with Crippen molar-refractivity contribution in [2.75, 3.05) is 13.2 Å². The Bertz CT molecular complexity index is 742. The van der Waals surface area contributed by atoms with Crippen LogP contribution in [0.2, 0.25) is 0 Å². The number of aromatic hydroxyl groups is 1. The molecule has 0 heterocycles. The van der Waals surface area contributed by atoms with E-state index in [9.17, 15) is 13.2 Å². The van der Waals surface area contributed by atoms with Crippen molar-refractivity contribution >= 4 is 16.0 Å². The van der Waals surface area contributed by atoms with Gasteiger partial charge in [0.15, 0.2) is 0 Å². The van der Waals surface area contributed by atoms with E-state index in [0.717, 1.165) is 0 Å². The minimum Gasteiger partial charge on any atom is -0.508 e. The molecule has 6 nitrogen and oxygen atoms in total. The van der Waals surface area contributed by atoms with E-state index in [4.69, 9.17) is 9.84 Å². The predicted molar refractivity (Wildman–Crippen MR) is 84.6 cm³/mol. The van der Waals surface area contributed by atoms with Gasteiger partial charge in [0.1, 0.15) is 5.75 Å². The molecule has 0 aromatic heterocycles. The topological polar surface area (TPSA) is 92.7 Å². The normalized spacial score (nSPS) is 11.1. The van der Waals surface area contributed by atoms with Crippen LogP contribution in [0.1, 0.15) is 16.8 Å². The van der Waals surface area contributed by atoms with E-state index in [-0.39, 0.29) is 23.8 Å². The number of esters is 1. The minimum atomic E-state index is -3.54. The number of carbonyl (C=O) groups is 1. The largest absolute Gasteiger partial charge is 0.508 e. The van der Waals surface area contributed by atoms with Gasteiger partial charge in [-0.1, -0.05) is 18.2 Å². The van der Waals surface area contributed by atoms with Crippen LogP contribution in [0, 0.1) is 0 Å². The van der Waals surface area contributed by atoms with Crippen molar-refractivity contribution in [1.29, 1.82) is 0 Å². The molecule has 0 saturated heterocycles. The fourth-order valence-corrected chi connectivity index (χ4v) is 2.90. The molecule has 2 aromatic rings. The highest BCUT2D eigenvalue weighted by Crippen LogP contribution is 2.10. The van der Waals surface area contributed by atoms with Gasteiger partial charge in [0.2, 0.25) is 10.0 Å². The van der Waals surface area contributed by atoms with Crippen molar-refractivity contribution in [3.05, 3.63) is 60.2 Å². The Hall–Kier alpha value is -2.38. The van der Waals surface area contributed by atoms with E-state index in [1.54, 1.807) is 18.2 Å². The molecule has 0 aliphatic carbocycles. The van der Waals surface area contributed by atoms with Crippen molar-refractivity contribution < 1.29 is 23.1 Å². The number of nitrogens with one attached hydrogen (secondary N) is 1. The number of hydrogen-bond acceptors (Lipinski definition) is 5. The summed E-state index contributed by atoms with van der Waals surface area (Å²) in [7, 11) is -3.54. The summed E-state index contributed by atoms with van der Waals surface area (Å²) in [5, 5.41) is 9.14. The fraction of sp³-hybridized carbons (Fsp3) is 0.188. The van der Waals surface area contributed by atoms with Gasteiger partial charge in [0.25, 0.3) is 0 Å². The van der Waals surface area contributed by atoms with Crippen LogP contribution in [0.25, 0.3) is 0 Å². The van der Waals surface area contributed by atoms with E-state index in [0.29, 0.717) is 12.0 Å². The Morgan fingerprint density at radius 2 is 1.70 bits per heavy atom. The van der Waals surface area contributed by atoms with Crippen molar-refractivity contribution in [3.8, 4) is 5.75 Å². The number of phenols is 1. The third kappa shape index (κ3) is 5.08. The van der Waals surface area contributed by atoms with Gasteiger partial charge in [-0.05, 0) is 42.8 Å². The SMILES string of the molecule is O=C(OCCCNS(=O)(=O)c1ccccc1)c1ccc(O)cc1. The second-order valence-corrected chi connectivity index (χ2v) is 6.51. The van der Waals surface area contributed by atoms with Crippen LogP contribution < -0.4 is 4.72 Å². The number of carbonyl (C=O) groups excluding carboxylic acids is 1. The number of benzene rings is 2. The molecule has 2 N–H and O–H groups in total. The van der Waals surface area contributed by atoms with Crippen LogP contribution >= 0.6 is 0 Å². The maximum Gasteiger partial charge on any atom is 0.338 e. The third-order valence-corrected chi connectivity index (χ3v) is 4.48. The van der Waals surface area contributed by atoms with Crippen LogP contribution in [0.3, 0.4) is 0 Å². The molecular formula is C16H17NO5S. The Morgan fingerprint density at radius 3 is 2.35 bits per heavy atom. The van der Waals surface area contributed by atoms with Gasteiger partial charge in [0.05, 0.1) is 17.1 Å². The molecule has 0 bridgehead atoms. The average molecular weight is 335 g/mol. The first-order valence-corrected chi connectivity index (χ1v) is 8.48. The van der Waals surface area contributed by atoms with E-state index in [2.05, 4.69) is 4.72 Å². The van der Waals surface area contributed by atoms with Gasteiger partial charge in [-0.15, -0.1) is 0 Å². The second kappa shape index (κ2) is 7.75. The number of hydrogen-bond donors (Lipinski definition) is 2. The maximum absolute atomic E-state index is 11.9. The lowest BCUT2D eigenvalue weighted by atomic mass is 10.2. The first-order chi connectivity index (χ1) is 11.0. The monoisotopic (exact) mass is 335 g/mol. The van der Waals surface area contributed by atoms with Crippen LogP contribution in [0.15, 0.2) is 59.5 Å². The van der Waals surface area contributed by atoms with Gasteiger partial charge >= 0.3 is 5.97 Å². The van der Waals surface area contributed by atoms with Crippen LogP contribution in [0.5, 0.6) is 5.75 Å². The van der Waals surface area contributed by atoms with Crippen molar-refractivity contribution in [2.24, 2.45) is 0 Å². The summed E-state index contributed by atoms with van der Waals surface area (Å²) in [6, 6.07) is 13.7. The molecule has 23 heavy (non-hydrogen) atoms. The molecule has 7 heteroatoms. The summed E-state index contributed by atoms with van der Waals surface area (Å²) in [6.07, 6.45) is 0.357. The summed E-state index contributed by atoms with van der Waals surface area (Å²) < 4.78 is 31.4. The van der Waals surface area contributed by atoms with E-state index in [1.165, 1.54) is 36.4 Å². The Morgan fingerprint density at radius 1 is 1.04 bits per heavy atom. The fourth-order valence-electron chi connectivity index (χ4n) is 1.81. The predicted octanol–water partition coefficient (Wildman–Crippen LogP) is 1.92. The van der Waals surface area contributed by atoms with Crippen molar-refractivity contribution in [3.63, 3.8) is 0 Å². The summed E-state index contributed by atoms with van der Waals surface area (Å²) >= 11 is 0. The molecule has 0 atom stereocenters. The lowest BCUT2D eigenvalue weighted by molar-refractivity contribution is 0.0502. The lowest BCUT2D eigenvalue weighted by Gasteiger charge is -2.07. The summed E-state index contributed by atoms with van der Waals surface area (Å²) in [5.74, 6) is -0.451.